The van der Waals surface area contributed by atoms with Crippen LogP contribution in [0.3, 0.4) is 0 Å². The van der Waals surface area contributed by atoms with E-state index in [9.17, 15) is 21.6 Å². The molecule has 2 aromatic carbocycles. The summed E-state index contributed by atoms with van der Waals surface area (Å²) < 4.78 is 69.3. The molecule has 0 amide bonds. The summed E-state index contributed by atoms with van der Waals surface area (Å²) in [7, 11) is -4.11. The second-order valence-corrected chi connectivity index (χ2v) is 11.1. The number of thiazole rings is 1. The third kappa shape index (κ3) is 5.30. The van der Waals surface area contributed by atoms with Gasteiger partial charge >= 0.3 is 6.18 Å². The van der Waals surface area contributed by atoms with Crippen LogP contribution in [0.1, 0.15) is 11.1 Å². The zero-order valence-electron chi connectivity index (χ0n) is 18.9. The van der Waals surface area contributed by atoms with E-state index < -0.39 is 21.8 Å². The lowest BCUT2D eigenvalue weighted by atomic mass is 10.1. The van der Waals surface area contributed by atoms with E-state index in [1.54, 1.807) is 11.3 Å². The molecule has 1 aliphatic rings. The van der Waals surface area contributed by atoms with Crippen molar-refractivity contribution < 1.29 is 21.6 Å². The fourth-order valence-corrected chi connectivity index (χ4v) is 6.10. The highest BCUT2D eigenvalue weighted by atomic mass is 32.2. The first-order valence-corrected chi connectivity index (χ1v) is 13.4. The van der Waals surface area contributed by atoms with Gasteiger partial charge in [0.05, 0.1) is 21.5 Å². The first-order chi connectivity index (χ1) is 17.2. The van der Waals surface area contributed by atoms with Gasteiger partial charge in [-0.1, -0.05) is 29.5 Å². The lowest BCUT2D eigenvalue weighted by molar-refractivity contribution is -0.137. The Kier molecular flexibility index (Phi) is 6.58. The summed E-state index contributed by atoms with van der Waals surface area (Å²) in [4.78, 5) is 12.7. The molecular weight excluding hydrogens is 511 g/mol. The average Bonchev–Trinajstić information content (AvgIpc) is 3.30. The third-order valence-corrected chi connectivity index (χ3v) is 8.39. The Hall–Kier alpha value is -3.22. The molecule has 36 heavy (non-hydrogen) atoms. The van der Waals surface area contributed by atoms with Crippen LogP contribution in [-0.4, -0.2) is 49.5 Å². The Morgan fingerprint density at radius 3 is 2.47 bits per heavy atom. The smallest absolute Gasteiger partial charge is 0.345 e. The van der Waals surface area contributed by atoms with Gasteiger partial charge in [-0.2, -0.15) is 13.2 Å². The molecule has 0 saturated carbocycles. The maximum absolute atomic E-state index is 13.4. The number of sulfonamides is 1. The van der Waals surface area contributed by atoms with Crippen LogP contribution in [-0.2, 0) is 22.7 Å². The summed E-state index contributed by atoms with van der Waals surface area (Å²) >= 11 is 1.63. The lowest BCUT2D eigenvalue weighted by Gasteiger charge is -2.35. The number of anilines is 2. The first kappa shape index (κ1) is 24.5. The van der Waals surface area contributed by atoms with E-state index in [2.05, 4.69) is 19.5 Å². The van der Waals surface area contributed by atoms with Gasteiger partial charge in [0, 0.05) is 45.1 Å². The van der Waals surface area contributed by atoms with Gasteiger partial charge in [0.2, 0.25) is 0 Å². The molecule has 0 radical (unpaired) electrons. The molecule has 0 bridgehead atoms. The summed E-state index contributed by atoms with van der Waals surface area (Å²) in [5.41, 5.74) is 0.400. The number of halogens is 3. The molecule has 12 heteroatoms. The van der Waals surface area contributed by atoms with Gasteiger partial charge in [0.1, 0.15) is 4.90 Å². The monoisotopic (exact) mass is 533 g/mol. The minimum Gasteiger partial charge on any atom is -0.345 e. The van der Waals surface area contributed by atoms with E-state index in [-0.39, 0.29) is 10.6 Å². The van der Waals surface area contributed by atoms with Gasteiger partial charge in [-0.05, 0) is 42.0 Å². The van der Waals surface area contributed by atoms with E-state index in [0.29, 0.717) is 38.3 Å². The summed E-state index contributed by atoms with van der Waals surface area (Å²) in [6, 6.07) is 13.9. The van der Waals surface area contributed by atoms with Crippen LogP contribution in [0.15, 0.2) is 71.9 Å². The van der Waals surface area contributed by atoms with Crippen LogP contribution in [0, 0.1) is 0 Å². The van der Waals surface area contributed by atoms with Gasteiger partial charge < -0.3 is 4.90 Å². The van der Waals surface area contributed by atoms with Crippen molar-refractivity contribution in [3.8, 4) is 0 Å². The van der Waals surface area contributed by atoms with Gasteiger partial charge in [-0.15, -0.1) is 0 Å². The molecule has 2 aromatic heterocycles. The Morgan fingerprint density at radius 1 is 1.00 bits per heavy atom. The van der Waals surface area contributed by atoms with Crippen LogP contribution in [0.4, 0.5) is 24.0 Å². The molecular formula is C24H22F3N5O2S2. The van der Waals surface area contributed by atoms with Crippen molar-refractivity contribution >= 4 is 42.4 Å². The van der Waals surface area contributed by atoms with E-state index in [0.717, 1.165) is 33.7 Å². The van der Waals surface area contributed by atoms with Gasteiger partial charge in [-0.3, -0.25) is 14.6 Å². The number of alkyl halides is 3. The van der Waals surface area contributed by atoms with E-state index >= 15 is 0 Å². The van der Waals surface area contributed by atoms with Gasteiger partial charge in [-0.25, -0.2) is 13.4 Å². The highest BCUT2D eigenvalue weighted by molar-refractivity contribution is 7.92. The normalized spacial score (nSPS) is 15.4. The molecule has 4 aromatic rings. The lowest BCUT2D eigenvalue weighted by Crippen LogP contribution is -2.46. The maximum atomic E-state index is 13.4. The Morgan fingerprint density at radius 2 is 1.78 bits per heavy atom. The zero-order chi connectivity index (χ0) is 25.3. The predicted molar refractivity (Wildman–Crippen MR) is 134 cm³/mol. The molecule has 188 valence electrons. The fourth-order valence-electron chi connectivity index (χ4n) is 4.03. The largest absolute Gasteiger partial charge is 0.416 e. The van der Waals surface area contributed by atoms with Crippen molar-refractivity contribution in [2.75, 3.05) is 35.8 Å². The van der Waals surface area contributed by atoms with Crippen LogP contribution >= 0.6 is 11.3 Å². The van der Waals surface area contributed by atoms with Crippen molar-refractivity contribution in [1.82, 2.24) is 14.9 Å². The van der Waals surface area contributed by atoms with Crippen LogP contribution < -0.4 is 9.62 Å². The second kappa shape index (κ2) is 9.68. The number of hydrogen-bond acceptors (Lipinski definition) is 7. The molecule has 7 nitrogen and oxygen atoms in total. The second-order valence-electron chi connectivity index (χ2n) is 8.39. The highest BCUT2D eigenvalue weighted by Crippen LogP contribution is 2.34. The third-order valence-electron chi connectivity index (χ3n) is 5.95. The highest BCUT2D eigenvalue weighted by Gasteiger charge is 2.32. The zero-order valence-corrected chi connectivity index (χ0v) is 20.6. The molecule has 0 unspecified atom stereocenters. The van der Waals surface area contributed by atoms with Crippen molar-refractivity contribution in [1.29, 1.82) is 0 Å². The number of nitrogens with one attached hydrogen (secondary N) is 1. The number of pyridine rings is 1. The SMILES string of the molecule is O=S(=O)(Nc1cc(C(F)(F)F)ccc1CN1CCN(c2nc3ccccc3s2)CC1)c1cccnc1. The van der Waals surface area contributed by atoms with Crippen molar-refractivity contribution in [3.05, 3.63) is 78.1 Å². The standard InChI is InChI=1S/C24H22F3N5O2S2/c25-24(26,27)18-8-7-17(21(14-18)30-36(33,34)19-4-3-9-28-15-19)16-31-10-12-32(13-11-31)23-29-20-5-1-2-6-22(20)35-23/h1-9,14-15,30H,10-13,16H2. The molecule has 1 fully saturated rings. The maximum Gasteiger partial charge on any atom is 0.416 e. The van der Waals surface area contributed by atoms with Gasteiger partial charge in [0.25, 0.3) is 10.0 Å². The molecule has 3 heterocycles. The fraction of sp³-hybridized carbons (Fsp3) is 0.250. The number of hydrogen-bond donors (Lipinski definition) is 1. The predicted octanol–water partition coefficient (Wildman–Crippen LogP) is 4.83. The van der Waals surface area contributed by atoms with Crippen LogP contribution in [0.5, 0.6) is 0 Å². The minimum absolute atomic E-state index is 0.0951. The van der Waals surface area contributed by atoms with Crippen molar-refractivity contribution in [2.45, 2.75) is 17.6 Å². The molecule has 5 rings (SSSR count). The number of piperazine rings is 1. The minimum atomic E-state index is -4.60. The molecule has 1 N–H and O–H groups in total. The topological polar surface area (TPSA) is 78.4 Å². The van der Waals surface area contributed by atoms with E-state index in [1.165, 1.54) is 24.4 Å². The Labute approximate surface area is 210 Å². The van der Waals surface area contributed by atoms with Crippen molar-refractivity contribution in [2.24, 2.45) is 0 Å². The number of benzene rings is 2. The molecule has 0 spiro atoms. The molecule has 0 aliphatic carbocycles. The molecule has 0 atom stereocenters. The first-order valence-electron chi connectivity index (χ1n) is 11.1. The number of rotatable bonds is 6. The number of aromatic nitrogens is 2. The molecule has 1 saturated heterocycles. The van der Waals surface area contributed by atoms with Crippen LogP contribution in [0.25, 0.3) is 10.2 Å². The average molecular weight is 534 g/mol. The Balaban J connectivity index is 1.33. The number of nitrogens with zero attached hydrogens (tertiary/aromatic N) is 4. The summed E-state index contributed by atoms with van der Waals surface area (Å²) in [6.07, 6.45) is -2.03. The quantitative estimate of drug-likeness (QED) is 0.383. The van der Waals surface area contributed by atoms with Crippen molar-refractivity contribution in [3.63, 3.8) is 0 Å². The Bertz CT molecular complexity index is 1440. The van der Waals surface area contributed by atoms with Crippen LogP contribution in [0.2, 0.25) is 0 Å². The van der Waals surface area contributed by atoms with E-state index in [4.69, 9.17) is 4.98 Å². The summed E-state index contributed by atoms with van der Waals surface area (Å²) in [5, 5.41) is 0.940. The number of fused-ring (bicyclic) bond motifs is 1. The summed E-state index contributed by atoms with van der Waals surface area (Å²) in [6.45, 7) is 3.03. The number of para-hydroxylation sites is 1. The van der Waals surface area contributed by atoms with E-state index in [1.807, 2.05) is 24.3 Å². The summed E-state index contributed by atoms with van der Waals surface area (Å²) in [5.74, 6) is 0. The molecule has 1 aliphatic heterocycles. The van der Waals surface area contributed by atoms with Gasteiger partial charge in [0.15, 0.2) is 5.13 Å².